The second-order valence-electron chi connectivity index (χ2n) is 9.26. The lowest BCUT2D eigenvalue weighted by molar-refractivity contribution is 0.0138. The Morgan fingerprint density at radius 3 is 2.32 bits per heavy atom. The molecule has 1 saturated heterocycles. The average Bonchev–Trinajstić information content (AvgIpc) is 2.96. The van der Waals surface area contributed by atoms with Gasteiger partial charge < -0.3 is 19.2 Å². The van der Waals surface area contributed by atoms with E-state index in [9.17, 15) is 4.79 Å². The van der Waals surface area contributed by atoms with Crippen LogP contribution in [0.25, 0.3) is 0 Å². The number of methoxy groups -OCH3 is 1. The topological polar surface area (TPSA) is 63.6 Å². The number of anilines is 1. The molecule has 1 aromatic carbocycles. The number of amidine groups is 1. The molecule has 0 aromatic heterocycles. The van der Waals surface area contributed by atoms with Crippen LogP contribution in [0, 0.1) is 17.8 Å². The normalized spacial score (nSPS) is 27.8. The highest BCUT2D eigenvalue weighted by Crippen LogP contribution is 2.55. The van der Waals surface area contributed by atoms with E-state index in [1.54, 1.807) is 7.11 Å². The number of hydrogen-bond acceptors (Lipinski definition) is 6. The third-order valence-electron chi connectivity index (χ3n) is 5.60. The zero-order chi connectivity index (χ0) is 20.3. The summed E-state index contributed by atoms with van der Waals surface area (Å²) in [5, 5.41) is 4.44. The number of oxime groups is 1. The molecule has 152 valence electrons. The van der Waals surface area contributed by atoms with Crippen LogP contribution in [0.5, 0.6) is 5.75 Å². The van der Waals surface area contributed by atoms with Gasteiger partial charge in [-0.25, -0.2) is 4.79 Å². The maximum Gasteiger partial charge on any atom is 0.410 e. The number of ether oxygens (including phenoxy) is 2. The number of hydrogen-bond donors (Lipinski definition) is 0. The van der Waals surface area contributed by atoms with Gasteiger partial charge in [0.15, 0.2) is 5.84 Å². The summed E-state index contributed by atoms with van der Waals surface area (Å²) in [6.45, 7) is 11.1. The van der Waals surface area contributed by atoms with E-state index in [0.717, 1.165) is 17.3 Å². The van der Waals surface area contributed by atoms with Crippen LogP contribution in [0.1, 0.15) is 34.6 Å². The van der Waals surface area contributed by atoms with E-state index in [2.05, 4.69) is 10.1 Å². The fraction of sp³-hybridized carbons (Fsp3) is 0.619. The smallest absolute Gasteiger partial charge is 0.410 e. The summed E-state index contributed by atoms with van der Waals surface area (Å²) >= 11 is 0. The highest BCUT2D eigenvalue weighted by atomic mass is 16.7. The lowest BCUT2D eigenvalue weighted by Gasteiger charge is -2.32. The third kappa shape index (κ3) is 3.27. The number of benzene rings is 1. The Morgan fingerprint density at radius 1 is 1.18 bits per heavy atom. The SMILES string of the molecule is COc1ccc(N2C(C3C4CN(C(=O)OC(C)(C)C)CC43)=NOC2(C)C)cc1. The first-order valence-corrected chi connectivity index (χ1v) is 9.79. The van der Waals surface area contributed by atoms with Gasteiger partial charge in [0.25, 0.3) is 0 Å². The zero-order valence-corrected chi connectivity index (χ0v) is 17.4. The van der Waals surface area contributed by atoms with Crippen LogP contribution in [-0.2, 0) is 9.57 Å². The molecule has 2 heterocycles. The number of fused-ring (bicyclic) bond motifs is 1. The molecular formula is C21H29N3O4. The summed E-state index contributed by atoms with van der Waals surface area (Å²) in [6.07, 6.45) is -0.226. The molecule has 1 amide bonds. The highest BCUT2D eigenvalue weighted by Gasteiger charge is 2.62. The minimum Gasteiger partial charge on any atom is -0.497 e. The molecular weight excluding hydrogens is 358 g/mol. The van der Waals surface area contributed by atoms with Gasteiger partial charge in [0.05, 0.1) is 7.11 Å². The summed E-state index contributed by atoms with van der Waals surface area (Å²) in [5.41, 5.74) is 0.00375. The Morgan fingerprint density at radius 2 is 1.79 bits per heavy atom. The molecule has 7 heteroatoms. The molecule has 2 atom stereocenters. The molecule has 0 spiro atoms. The fourth-order valence-corrected chi connectivity index (χ4v) is 4.29. The van der Waals surface area contributed by atoms with Gasteiger partial charge in [-0.3, -0.25) is 4.90 Å². The van der Waals surface area contributed by atoms with Gasteiger partial charge in [0.2, 0.25) is 5.72 Å². The number of piperidine rings is 1. The number of carbonyl (C=O) groups excluding carboxylic acids is 1. The summed E-state index contributed by atoms with van der Waals surface area (Å²) < 4.78 is 10.8. The first kappa shape index (κ1) is 18.9. The van der Waals surface area contributed by atoms with Gasteiger partial charge in [-0.15, -0.1) is 0 Å². The van der Waals surface area contributed by atoms with Crippen molar-refractivity contribution in [1.29, 1.82) is 0 Å². The molecule has 1 saturated carbocycles. The van der Waals surface area contributed by atoms with E-state index >= 15 is 0 Å². The number of nitrogens with zero attached hydrogens (tertiary/aromatic N) is 3. The van der Waals surface area contributed by atoms with Crippen LogP contribution in [0.4, 0.5) is 10.5 Å². The quantitative estimate of drug-likeness (QED) is 0.791. The molecule has 28 heavy (non-hydrogen) atoms. The predicted molar refractivity (Wildman–Crippen MR) is 106 cm³/mol. The van der Waals surface area contributed by atoms with Crippen molar-refractivity contribution in [2.75, 3.05) is 25.1 Å². The molecule has 0 bridgehead atoms. The molecule has 1 aliphatic carbocycles. The Hall–Kier alpha value is -2.44. The highest BCUT2D eigenvalue weighted by molar-refractivity contribution is 6.03. The second kappa shape index (κ2) is 6.29. The van der Waals surface area contributed by atoms with Crippen molar-refractivity contribution in [2.45, 2.75) is 45.9 Å². The largest absolute Gasteiger partial charge is 0.497 e. The molecule has 3 aliphatic rings. The van der Waals surface area contributed by atoms with Crippen LogP contribution in [0.3, 0.4) is 0 Å². The first-order valence-electron chi connectivity index (χ1n) is 9.79. The molecule has 0 radical (unpaired) electrons. The summed E-state index contributed by atoms with van der Waals surface area (Å²) in [4.78, 5) is 22.1. The maximum absolute atomic E-state index is 12.3. The van der Waals surface area contributed by atoms with Crippen LogP contribution >= 0.6 is 0 Å². The standard InChI is InChI=1S/C21H29N3O4/c1-20(2,3)27-19(25)23-11-15-16(12-23)17(15)18-22-28-21(4,5)24(18)13-7-9-14(26-6)10-8-13/h7-10,15-17H,11-12H2,1-6H3. The average molecular weight is 387 g/mol. The fourth-order valence-electron chi connectivity index (χ4n) is 4.29. The Labute approximate surface area is 166 Å². The first-order chi connectivity index (χ1) is 13.1. The van der Waals surface area contributed by atoms with Crippen molar-refractivity contribution in [2.24, 2.45) is 22.9 Å². The number of likely N-dealkylation sites (tertiary alicyclic amines) is 1. The van der Waals surface area contributed by atoms with Gasteiger partial charge in [0, 0.05) is 24.7 Å². The van der Waals surface area contributed by atoms with E-state index in [0.29, 0.717) is 30.8 Å². The van der Waals surface area contributed by atoms with Crippen molar-refractivity contribution in [1.82, 2.24) is 4.90 Å². The summed E-state index contributed by atoms with van der Waals surface area (Å²) in [7, 11) is 1.66. The molecule has 0 N–H and O–H groups in total. The summed E-state index contributed by atoms with van der Waals surface area (Å²) in [5.74, 6) is 2.89. The lowest BCUT2D eigenvalue weighted by Crippen LogP contribution is -2.46. The minimum atomic E-state index is -0.550. The zero-order valence-electron chi connectivity index (χ0n) is 17.4. The van der Waals surface area contributed by atoms with E-state index in [-0.39, 0.29) is 6.09 Å². The van der Waals surface area contributed by atoms with E-state index in [4.69, 9.17) is 14.3 Å². The molecule has 1 aromatic rings. The van der Waals surface area contributed by atoms with Crippen molar-refractivity contribution >= 4 is 17.6 Å². The van der Waals surface area contributed by atoms with Crippen LogP contribution in [0.2, 0.25) is 0 Å². The van der Waals surface area contributed by atoms with Gasteiger partial charge in [-0.1, -0.05) is 5.16 Å². The monoisotopic (exact) mass is 387 g/mol. The van der Waals surface area contributed by atoms with E-state index < -0.39 is 11.3 Å². The number of rotatable bonds is 3. The predicted octanol–water partition coefficient (Wildman–Crippen LogP) is 3.69. The maximum atomic E-state index is 12.3. The number of amides is 1. The molecule has 2 aliphatic heterocycles. The molecule has 7 nitrogen and oxygen atoms in total. The van der Waals surface area contributed by atoms with Gasteiger partial charge in [0.1, 0.15) is 11.4 Å². The molecule has 2 unspecified atom stereocenters. The van der Waals surface area contributed by atoms with Gasteiger partial charge >= 0.3 is 6.09 Å². The molecule has 2 fully saturated rings. The number of carbonyl (C=O) groups is 1. The van der Waals surface area contributed by atoms with Gasteiger partial charge in [-0.2, -0.15) is 0 Å². The Balaban J connectivity index is 1.46. The van der Waals surface area contributed by atoms with Gasteiger partial charge in [-0.05, 0) is 70.7 Å². The third-order valence-corrected chi connectivity index (χ3v) is 5.60. The summed E-state index contributed by atoms with van der Waals surface area (Å²) in [6, 6.07) is 7.94. The van der Waals surface area contributed by atoms with E-state index in [1.165, 1.54) is 0 Å². The van der Waals surface area contributed by atoms with E-state index in [1.807, 2.05) is 63.8 Å². The Bertz CT molecular complexity index is 785. The minimum absolute atomic E-state index is 0.226. The van der Waals surface area contributed by atoms with Crippen molar-refractivity contribution in [3.05, 3.63) is 24.3 Å². The Kier molecular flexibility index (Phi) is 4.25. The van der Waals surface area contributed by atoms with Crippen LogP contribution in [-0.4, -0.2) is 48.4 Å². The molecule has 4 rings (SSSR count). The van der Waals surface area contributed by atoms with Crippen molar-refractivity contribution in [3.8, 4) is 5.75 Å². The van der Waals surface area contributed by atoms with Crippen molar-refractivity contribution in [3.63, 3.8) is 0 Å². The van der Waals surface area contributed by atoms with Crippen LogP contribution < -0.4 is 9.64 Å². The van der Waals surface area contributed by atoms with Crippen LogP contribution in [0.15, 0.2) is 29.4 Å². The lowest BCUT2D eigenvalue weighted by atomic mass is 10.1. The van der Waals surface area contributed by atoms with Crippen molar-refractivity contribution < 1.29 is 19.1 Å². The second-order valence-corrected chi connectivity index (χ2v) is 9.26.